The second-order valence-electron chi connectivity index (χ2n) is 10.6. The van der Waals surface area contributed by atoms with Gasteiger partial charge in [0.2, 0.25) is 11.8 Å². The second-order valence-corrected chi connectivity index (χ2v) is 12.9. The highest BCUT2D eigenvalue weighted by Gasteiger charge is 2.34. The first-order valence-corrected chi connectivity index (χ1v) is 16.0. The lowest BCUT2D eigenvalue weighted by molar-refractivity contribution is -0.140. The van der Waals surface area contributed by atoms with Crippen molar-refractivity contribution in [3.8, 4) is 0 Å². The van der Waals surface area contributed by atoms with Gasteiger partial charge in [0.05, 0.1) is 10.6 Å². The molecule has 0 heterocycles. The van der Waals surface area contributed by atoms with Crippen LogP contribution in [-0.2, 0) is 32.6 Å². The van der Waals surface area contributed by atoms with Crippen LogP contribution in [0.5, 0.6) is 0 Å². The first kappa shape index (κ1) is 31.8. The number of carbonyl (C=O) groups excluding carboxylic acids is 2. The number of para-hydroxylation sites is 1. The molecule has 1 atom stereocenters. The number of anilines is 1. The second kappa shape index (κ2) is 14.8. The van der Waals surface area contributed by atoms with Gasteiger partial charge in [-0.1, -0.05) is 110 Å². The van der Waals surface area contributed by atoms with E-state index < -0.39 is 28.5 Å². The molecule has 0 aliphatic carbocycles. The predicted octanol–water partition coefficient (Wildman–Crippen LogP) is 5.95. The van der Waals surface area contributed by atoms with Crippen molar-refractivity contribution in [1.82, 2.24) is 10.2 Å². The summed E-state index contributed by atoms with van der Waals surface area (Å²) in [6.07, 6.45) is 0.234. The van der Waals surface area contributed by atoms with Crippen molar-refractivity contribution in [3.05, 3.63) is 131 Å². The molecule has 4 rings (SSSR count). The summed E-state index contributed by atoms with van der Waals surface area (Å²) in [5, 5.41) is 3.42. The number of halogens is 1. The first-order chi connectivity index (χ1) is 20.7. The Morgan fingerprint density at radius 2 is 1.35 bits per heavy atom. The minimum absolute atomic E-state index is 0.0130. The van der Waals surface area contributed by atoms with E-state index in [1.165, 1.54) is 17.0 Å². The lowest BCUT2D eigenvalue weighted by Gasteiger charge is -2.34. The number of nitrogens with zero attached hydrogens (tertiary/aromatic N) is 2. The van der Waals surface area contributed by atoms with E-state index >= 15 is 0 Å². The molecule has 0 radical (unpaired) electrons. The molecular formula is C34H36ClN3O4S. The molecule has 43 heavy (non-hydrogen) atoms. The molecule has 2 amide bonds. The molecular weight excluding hydrogens is 582 g/mol. The van der Waals surface area contributed by atoms with E-state index in [2.05, 4.69) is 5.32 Å². The number of sulfonamides is 1. The SMILES string of the molecule is CC(C)CNC(=O)[C@@H](Cc1ccccc1)N(Cc1ccccc1Cl)C(=O)CN(c1ccccc1)S(=O)(=O)c1ccccc1. The topological polar surface area (TPSA) is 86.8 Å². The summed E-state index contributed by atoms with van der Waals surface area (Å²) in [7, 11) is -4.13. The maximum absolute atomic E-state index is 14.4. The van der Waals surface area contributed by atoms with Crippen molar-refractivity contribution in [2.24, 2.45) is 5.92 Å². The van der Waals surface area contributed by atoms with Gasteiger partial charge in [0.25, 0.3) is 10.0 Å². The molecule has 1 N–H and O–H groups in total. The highest BCUT2D eigenvalue weighted by Crippen LogP contribution is 2.26. The number of hydrogen-bond acceptors (Lipinski definition) is 4. The fourth-order valence-electron chi connectivity index (χ4n) is 4.63. The Hall–Kier alpha value is -4.14. The maximum atomic E-state index is 14.4. The maximum Gasteiger partial charge on any atom is 0.264 e. The number of hydrogen-bond donors (Lipinski definition) is 1. The third kappa shape index (κ3) is 8.46. The van der Waals surface area contributed by atoms with Crippen molar-refractivity contribution in [2.45, 2.75) is 37.8 Å². The van der Waals surface area contributed by atoms with Gasteiger partial charge in [0.15, 0.2) is 0 Å². The largest absolute Gasteiger partial charge is 0.354 e. The Kier molecular flexibility index (Phi) is 11.0. The highest BCUT2D eigenvalue weighted by molar-refractivity contribution is 7.92. The van der Waals surface area contributed by atoms with E-state index in [0.29, 0.717) is 22.8 Å². The van der Waals surface area contributed by atoms with Gasteiger partial charge in [-0.2, -0.15) is 0 Å². The van der Waals surface area contributed by atoms with E-state index in [0.717, 1.165) is 9.87 Å². The Bertz CT molecular complexity index is 1600. The summed E-state index contributed by atoms with van der Waals surface area (Å²) in [6.45, 7) is 3.90. The lowest BCUT2D eigenvalue weighted by Crippen LogP contribution is -2.53. The Balaban J connectivity index is 1.78. The van der Waals surface area contributed by atoms with E-state index in [1.54, 1.807) is 66.7 Å². The molecule has 0 aliphatic heterocycles. The van der Waals surface area contributed by atoms with Crippen molar-refractivity contribution in [3.63, 3.8) is 0 Å². The van der Waals surface area contributed by atoms with Crippen LogP contribution in [0.15, 0.2) is 120 Å². The van der Waals surface area contributed by atoms with Crippen molar-refractivity contribution >= 4 is 39.1 Å². The molecule has 7 nitrogen and oxygen atoms in total. The zero-order valence-electron chi connectivity index (χ0n) is 24.3. The zero-order chi connectivity index (χ0) is 30.8. The zero-order valence-corrected chi connectivity index (χ0v) is 25.8. The van der Waals surface area contributed by atoms with E-state index in [9.17, 15) is 18.0 Å². The minimum atomic E-state index is -4.13. The van der Waals surface area contributed by atoms with Crippen LogP contribution in [0.2, 0.25) is 5.02 Å². The summed E-state index contributed by atoms with van der Waals surface area (Å²) in [5.74, 6) is -0.669. The monoisotopic (exact) mass is 617 g/mol. The third-order valence-electron chi connectivity index (χ3n) is 6.91. The molecule has 0 saturated carbocycles. The van der Waals surface area contributed by atoms with Gasteiger partial charge in [0.1, 0.15) is 12.6 Å². The number of rotatable bonds is 13. The fourth-order valence-corrected chi connectivity index (χ4v) is 6.26. The average Bonchev–Trinajstić information content (AvgIpc) is 3.02. The standard InChI is InChI=1S/C34H36ClN3O4S/c1-26(2)23-36-34(40)32(22-27-14-6-3-7-15-27)37(24-28-16-12-13-21-31(28)35)33(39)25-38(29-17-8-4-9-18-29)43(41,42)30-19-10-5-11-20-30/h3-21,26,32H,22-25H2,1-2H3,(H,36,40)/t32-/m1/s1. The van der Waals surface area contributed by atoms with Crippen LogP contribution in [0, 0.1) is 5.92 Å². The first-order valence-electron chi connectivity index (χ1n) is 14.1. The van der Waals surface area contributed by atoms with Gasteiger partial charge >= 0.3 is 0 Å². The summed E-state index contributed by atoms with van der Waals surface area (Å²) in [6, 6.07) is 32.1. The summed E-state index contributed by atoms with van der Waals surface area (Å²) < 4.78 is 29.0. The van der Waals surface area contributed by atoms with Gasteiger partial charge in [-0.05, 0) is 47.4 Å². The van der Waals surface area contributed by atoms with Crippen LogP contribution >= 0.6 is 11.6 Å². The molecule has 0 bridgehead atoms. The van der Waals surface area contributed by atoms with Crippen LogP contribution in [0.25, 0.3) is 0 Å². The lowest BCUT2D eigenvalue weighted by atomic mass is 10.0. The van der Waals surface area contributed by atoms with Crippen LogP contribution < -0.4 is 9.62 Å². The normalized spacial score (nSPS) is 12.0. The molecule has 0 aliphatic rings. The van der Waals surface area contributed by atoms with Gasteiger partial charge < -0.3 is 10.2 Å². The molecule has 0 saturated heterocycles. The smallest absolute Gasteiger partial charge is 0.264 e. The van der Waals surface area contributed by atoms with Gasteiger partial charge in [-0.3, -0.25) is 13.9 Å². The van der Waals surface area contributed by atoms with Crippen LogP contribution in [0.1, 0.15) is 25.0 Å². The molecule has 4 aromatic carbocycles. The van der Waals surface area contributed by atoms with Gasteiger partial charge in [-0.15, -0.1) is 0 Å². The molecule has 224 valence electrons. The van der Waals surface area contributed by atoms with Crippen molar-refractivity contribution < 1.29 is 18.0 Å². The molecule has 0 fully saturated rings. The molecule has 0 aromatic heterocycles. The van der Waals surface area contributed by atoms with Crippen molar-refractivity contribution in [1.29, 1.82) is 0 Å². The van der Waals surface area contributed by atoms with E-state index in [1.807, 2.05) is 50.2 Å². The van der Waals surface area contributed by atoms with Crippen LogP contribution in [-0.4, -0.2) is 44.3 Å². The molecule has 0 spiro atoms. The number of carbonyl (C=O) groups is 2. The number of benzene rings is 4. The van der Waals surface area contributed by atoms with Gasteiger partial charge in [0, 0.05) is 24.5 Å². The van der Waals surface area contributed by atoms with Crippen LogP contribution in [0.4, 0.5) is 5.69 Å². The average molecular weight is 618 g/mol. The Labute approximate surface area is 259 Å². The minimum Gasteiger partial charge on any atom is -0.354 e. The van der Waals surface area contributed by atoms with Crippen LogP contribution in [0.3, 0.4) is 0 Å². The fraction of sp³-hybridized carbons (Fsp3) is 0.235. The molecule has 4 aromatic rings. The summed E-state index contributed by atoms with van der Waals surface area (Å²) in [4.78, 5) is 29.7. The third-order valence-corrected chi connectivity index (χ3v) is 9.07. The number of nitrogens with one attached hydrogen (secondary N) is 1. The number of amides is 2. The molecule has 9 heteroatoms. The summed E-state index contributed by atoms with van der Waals surface area (Å²) >= 11 is 6.53. The quantitative estimate of drug-likeness (QED) is 0.201. The van der Waals surface area contributed by atoms with Crippen molar-refractivity contribution in [2.75, 3.05) is 17.4 Å². The van der Waals surface area contributed by atoms with E-state index in [-0.39, 0.29) is 29.7 Å². The summed E-state index contributed by atoms with van der Waals surface area (Å²) in [5.41, 5.74) is 1.84. The molecule has 0 unspecified atom stereocenters. The Morgan fingerprint density at radius 3 is 1.95 bits per heavy atom. The Morgan fingerprint density at radius 1 is 0.791 bits per heavy atom. The van der Waals surface area contributed by atoms with Gasteiger partial charge in [-0.25, -0.2) is 8.42 Å². The van der Waals surface area contributed by atoms with E-state index in [4.69, 9.17) is 11.6 Å². The highest BCUT2D eigenvalue weighted by atomic mass is 35.5. The predicted molar refractivity (Wildman–Crippen MR) is 171 cm³/mol.